The van der Waals surface area contributed by atoms with Gasteiger partial charge >= 0.3 is 6.01 Å². The lowest BCUT2D eigenvalue weighted by atomic mass is 9.95. The number of nitrogens with one attached hydrogen (secondary N) is 1. The Hall–Kier alpha value is -3.27. The molecule has 0 radical (unpaired) electrons. The van der Waals surface area contributed by atoms with Gasteiger partial charge in [-0.3, -0.25) is 4.90 Å². The molecular formula is C33H34ClF2N5O2. The second-order valence-electron chi connectivity index (χ2n) is 12.6. The van der Waals surface area contributed by atoms with E-state index in [0.717, 1.165) is 56.1 Å². The van der Waals surface area contributed by atoms with Gasteiger partial charge in [-0.1, -0.05) is 35.9 Å². The third kappa shape index (κ3) is 4.59. The highest BCUT2D eigenvalue weighted by Crippen LogP contribution is 2.44. The predicted octanol–water partition coefficient (Wildman–Crippen LogP) is 6.15. The van der Waals surface area contributed by atoms with E-state index in [1.54, 1.807) is 13.2 Å². The van der Waals surface area contributed by atoms with Gasteiger partial charge in [-0.05, 0) is 66.8 Å². The molecule has 0 aliphatic carbocycles. The second-order valence-corrected chi connectivity index (χ2v) is 13.0. The van der Waals surface area contributed by atoms with Gasteiger partial charge in [0.05, 0.1) is 17.7 Å². The lowest BCUT2D eigenvalue weighted by molar-refractivity contribution is 0.107. The van der Waals surface area contributed by atoms with Crippen LogP contribution in [0.5, 0.6) is 11.8 Å². The average Bonchev–Trinajstić information content (AvgIpc) is 3.66. The summed E-state index contributed by atoms with van der Waals surface area (Å²) in [6, 6.07) is 14.1. The first-order valence-electron chi connectivity index (χ1n) is 15.2. The fourth-order valence-electron chi connectivity index (χ4n) is 7.94. The van der Waals surface area contributed by atoms with Crippen LogP contribution in [0.2, 0.25) is 5.02 Å². The minimum absolute atomic E-state index is 0.111. The second kappa shape index (κ2) is 10.4. The molecule has 4 fully saturated rings. The van der Waals surface area contributed by atoms with E-state index >= 15 is 4.39 Å². The Labute approximate surface area is 254 Å². The highest BCUT2D eigenvalue weighted by molar-refractivity contribution is 6.35. The first kappa shape index (κ1) is 27.3. The van der Waals surface area contributed by atoms with Crippen LogP contribution in [-0.4, -0.2) is 78.6 Å². The van der Waals surface area contributed by atoms with E-state index in [9.17, 15) is 4.39 Å². The Morgan fingerprint density at radius 2 is 1.88 bits per heavy atom. The number of nitrogens with zero attached hydrogens (tertiary/aromatic N) is 4. The van der Waals surface area contributed by atoms with Gasteiger partial charge in [-0.25, -0.2) is 8.78 Å². The molecule has 3 aromatic carbocycles. The van der Waals surface area contributed by atoms with Gasteiger partial charge in [0, 0.05) is 49.1 Å². The molecule has 4 saturated heterocycles. The molecule has 4 atom stereocenters. The summed E-state index contributed by atoms with van der Waals surface area (Å²) in [6.07, 6.45) is 3.64. The van der Waals surface area contributed by atoms with E-state index in [0.29, 0.717) is 47.6 Å². The van der Waals surface area contributed by atoms with Crippen LogP contribution in [0.25, 0.3) is 32.8 Å². The maximum Gasteiger partial charge on any atom is 0.319 e. The maximum atomic E-state index is 16.9. The third-order valence-electron chi connectivity index (χ3n) is 9.93. The van der Waals surface area contributed by atoms with Crippen LogP contribution in [0, 0.1) is 5.82 Å². The number of rotatable bonds is 6. The van der Waals surface area contributed by atoms with E-state index in [1.807, 2.05) is 36.4 Å². The number of hydrogen-bond acceptors (Lipinski definition) is 7. The summed E-state index contributed by atoms with van der Waals surface area (Å²) in [7, 11) is 1.59. The van der Waals surface area contributed by atoms with Gasteiger partial charge in [-0.15, -0.1) is 0 Å². The number of benzene rings is 3. The first-order chi connectivity index (χ1) is 20.9. The number of anilines is 1. The molecule has 4 aliphatic heterocycles. The standard InChI is InChI=1S/C33H34ClF2N5O2/c1-42-23-11-19-5-2-3-6-24(19)25(12-23)28-27(34)13-26-30(29(28)36)38-32(39-31(26)40-16-21-7-8-22(17-40)37-21)43-18-33-9-4-10-41(33)15-20(35)14-33/h2-3,5-6,11-13,20-22,37H,4,7-10,14-18H2,1H3/t20-,21?,22?,33+/m1/s1. The summed E-state index contributed by atoms with van der Waals surface area (Å²) in [4.78, 5) is 14.0. The van der Waals surface area contributed by atoms with Gasteiger partial charge in [0.25, 0.3) is 0 Å². The zero-order chi connectivity index (χ0) is 29.3. The summed E-state index contributed by atoms with van der Waals surface area (Å²) in [6.45, 7) is 3.08. The molecule has 4 aromatic rings. The number of piperazine rings is 1. The van der Waals surface area contributed by atoms with Crippen molar-refractivity contribution in [3.05, 3.63) is 53.3 Å². The Balaban J connectivity index is 1.27. The van der Waals surface area contributed by atoms with Crippen molar-refractivity contribution < 1.29 is 18.3 Å². The van der Waals surface area contributed by atoms with Crippen molar-refractivity contribution in [2.45, 2.75) is 55.9 Å². The van der Waals surface area contributed by atoms with Gasteiger partial charge in [0.15, 0.2) is 5.82 Å². The molecular weight excluding hydrogens is 572 g/mol. The van der Waals surface area contributed by atoms with E-state index < -0.39 is 12.0 Å². The van der Waals surface area contributed by atoms with Crippen molar-refractivity contribution in [2.24, 2.45) is 0 Å². The zero-order valence-corrected chi connectivity index (χ0v) is 24.8. The molecule has 10 heteroatoms. The minimum Gasteiger partial charge on any atom is -0.497 e. The summed E-state index contributed by atoms with van der Waals surface area (Å²) in [5.41, 5.74) is 0.683. The first-order valence-corrected chi connectivity index (χ1v) is 15.6. The summed E-state index contributed by atoms with van der Waals surface area (Å²) < 4.78 is 43.2. The molecule has 2 unspecified atom stereocenters. The SMILES string of the molecule is COc1cc(-c2c(Cl)cc3c(N4CC5CCC(C4)N5)nc(OC[C@@]45CCCN4C[C@H](F)C5)nc3c2F)c2ccccc2c1. The molecule has 4 aliphatic rings. The van der Waals surface area contributed by atoms with Gasteiger partial charge in [-0.2, -0.15) is 9.97 Å². The fraction of sp³-hybridized carbons (Fsp3) is 0.455. The van der Waals surface area contributed by atoms with Crippen LogP contribution in [0.3, 0.4) is 0 Å². The van der Waals surface area contributed by atoms with Crippen LogP contribution < -0.4 is 19.7 Å². The van der Waals surface area contributed by atoms with Crippen LogP contribution in [0.15, 0.2) is 42.5 Å². The van der Waals surface area contributed by atoms with Gasteiger partial charge in [0.1, 0.15) is 29.9 Å². The maximum absolute atomic E-state index is 16.9. The smallest absolute Gasteiger partial charge is 0.319 e. The fourth-order valence-corrected chi connectivity index (χ4v) is 8.23. The normalized spacial score (nSPS) is 26.9. The molecule has 2 bridgehead atoms. The minimum atomic E-state index is -0.867. The summed E-state index contributed by atoms with van der Waals surface area (Å²) in [5.74, 6) is 0.700. The van der Waals surface area contributed by atoms with E-state index in [4.69, 9.17) is 26.1 Å². The van der Waals surface area contributed by atoms with E-state index in [1.165, 1.54) is 0 Å². The number of halogens is 3. The van der Waals surface area contributed by atoms with E-state index in [2.05, 4.69) is 20.1 Å². The van der Waals surface area contributed by atoms with Crippen LogP contribution in [-0.2, 0) is 0 Å². The number of fused-ring (bicyclic) bond motifs is 5. The van der Waals surface area contributed by atoms with Crippen LogP contribution >= 0.6 is 11.6 Å². The Kier molecular flexibility index (Phi) is 6.62. The van der Waals surface area contributed by atoms with Crippen LogP contribution in [0.1, 0.15) is 32.1 Å². The van der Waals surface area contributed by atoms with Crippen molar-refractivity contribution >= 4 is 39.1 Å². The number of hydrogen-bond donors (Lipinski definition) is 1. The van der Waals surface area contributed by atoms with Gasteiger partial charge < -0.3 is 19.7 Å². The number of aromatic nitrogens is 2. The van der Waals surface area contributed by atoms with E-state index in [-0.39, 0.29) is 34.3 Å². The quantitative estimate of drug-likeness (QED) is 0.283. The largest absolute Gasteiger partial charge is 0.497 e. The Bertz CT molecular complexity index is 1730. The molecule has 43 heavy (non-hydrogen) atoms. The average molecular weight is 606 g/mol. The molecule has 0 saturated carbocycles. The number of ether oxygens (including phenoxy) is 2. The Morgan fingerprint density at radius 1 is 1.07 bits per heavy atom. The molecule has 0 amide bonds. The molecule has 8 rings (SSSR count). The highest BCUT2D eigenvalue weighted by Gasteiger charge is 2.49. The molecule has 5 heterocycles. The van der Waals surface area contributed by atoms with Crippen molar-refractivity contribution in [2.75, 3.05) is 44.8 Å². The lowest BCUT2D eigenvalue weighted by Crippen LogP contribution is -2.51. The molecule has 1 N–H and O–H groups in total. The Morgan fingerprint density at radius 3 is 2.70 bits per heavy atom. The molecule has 224 valence electrons. The molecule has 1 aromatic heterocycles. The van der Waals surface area contributed by atoms with Crippen molar-refractivity contribution in [3.8, 4) is 22.9 Å². The van der Waals surface area contributed by atoms with Crippen molar-refractivity contribution in [3.63, 3.8) is 0 Å². The van der Waals surface area contributed by atoms with Crippen LogP contribution in [0.4, 0.5) is 14.6 Å². The highest BCUT2D eigenvalue weighted by atomic mass is 35.5. The van der Waals surface area contributed by atoms with Gasteiger partial charge in [0.2, 0.25) is 0 Å². The third-order valence-corrected chi connectivity index (χ3v) is 10.2. The number of methoxy groups -OCH3 is 1. The monoisotopic (exact) mass is 605 g/mol. The molecule has 0 spiro atoms. The zero-order valence-electron chi connectivity index (χ0n) is 24.1. The summed E-state index contributed by atoms with van der Waals surface area (Å²) >= 11 is 6.94. The molecule has 7 nitrogen and oxygen atoms in total. The van der Waals surface area contributed by atoms with Crippen molar-refractivity contribution in [1.29, 1.82) is 0 Å². The predicted molar refractivity (Wildman–Crippen MR) is 165 cm³/mol. The topological polar surface area (TPSA) is 62.8 Å². The van der Waals surface area contributed by atoms with Crippen molar-refractivity contribution in [1.82, 2.24) is 20.2 Å². The lowest BCUT2D eigenvalue weighted by Gasteiger charge is -2.34. The number of alkyl halides is 1. The summed E-state index contributed by atoms with van der Waals surface area (Å²) in [5, 5.41) is 6.26.